The molecule has 86 valence electrons. The zero-order valence-electron chi connectivity index (χ0n) is 9.95. The Kier molecular flexibility index (Phi) is 4.97. The molecule has 1 aliphatic heterocycles. The van der Waals surface area contributed by atoms with E-state index in [1.165, 1.54) is 0 Å². The first kappa shape index (κ1) is 12.7. The zero-order chi connectivity index (χ0) is 12.0. The van der Waals surface area contributed by atoms with Crippen LogP contribution in [0.4, 0.5) is 0 Å². The van der Waals surface area contributed by atoms with Gasteiger partial charge in [0.2, 0.25) is 0 Å². The molecule has 16 heavy (non-hydrogen) atoms. The van der Waals surface area contributed by atoms with E-state index < -0.39 is 0 Å². The summed E-state index contributed by atoms with van der Waals surface area (Å²) in [5.41, 5.74) is 1.50. The number of hydrogen-bond acceptors (Lipinski definition) is 3. The third-order valence-corrected chi connectivity index (χ3v) is 2.69. The van der Waals surface area contributed by atoms with Gasteiger partial charge in [-0.15, -0.1) is 0 Å². The van der Waals surface area contributed by atoms with Gasteiger partial charge in [-0.05, 0) is 18.7 Å². The van der Waals surface area contributed by atoms with Crippen LogP contribution in [-0.4, -0.2) is 49.6 Å². The number of nitrogens with zero attached hydrogens (tertiary/aromatic N) is 3. The van der Waals surface area contributed by atoms with Crippen LogP contribution in [0.25, 0.3) is 0 Å². The average Bonchev–Trinajstić information content (AvgIpc) is 2.29. The van der Waals surface area contributed by atoms with E-state index in [2.05, 4.69) is 30.0 Å². The first-order valence-electron chi connectivity index (χ1n) is 5.47. The molecular weight excluding hydrogens is 198 g/mol. The largest absolute Gasteiger partial charge is 0.304 e. The standard InChI is InChI=1S/C13H19N3/c1-12(10-14)4-5-13(2)11-16-8-6-15(3)7-9-16/h4-5H,1-2,6-9,11H2,3H3/b5-4-. The lowest BCUT2D eigenvalue weighted by Crippen LogP contribution is -2.44. The maximum atomic E-state index is 8.55. The van der Waals surface area contributed by atoms with Crippen LogP contribution in [0.2, 0.25) is 0 Å². The first-order chi connectivity index (χ1) is 7.61. The topological polar surface area (TPSA) is 30.3 Å². The highest BCUT2D eigenvalue weighted by atomic mass is 15.2. The van der Waals surface area contributed by atoms with Gasteiger partial charge in [0.05, 0.1) is 6.07 Å². The van der Waals surface area contributed by atoms with Crippen LogP contribution in [-0.2, 0) is 0 Å². The predicted octanol–water partition coefficient (Wildman–Crippen LogP) is 1.43. The van der Waals surface area contributed by atoms with Gasteiger partial charge < -0.3 is 4.90 Å². The van der Waals surface area contributed by atoms with Crippen LogP contribution in [0.15, 0.2) is 36.5 Å². The number of rotatable bonds is 4. The van der Waals surface area contributed by atoms with Gasteiger partial charge in [-0.1, -0.05) is 19.2 Å². The Morgan fingerprint density at radius 3 is 2.44 bits per heavy atom. The molecule has 0 spiro atoms. The van der Waals surface area contributed by atoms with Crippen molar-refractivity contribution < 1.29 is 0 Å². The Morgan fingerprint density at radius 2 is 1.88 bits per heavy atom. The molecule has 3 nitrogen and oxygen atoms in total. The smallest absolute Gasteiger partial charge is 0.0985 e. The van der Waals surface area contributed by atoms with Crippen molar-refractivity contribution in [1.29, 1.82) is 5.26 Å². The molecule has 1 saturated heterocycles. The molecule has 3 heteroatoms. The third-order valence-electron chi connectivity index (χ3n) is 2.69. The van der Waals surface area contributed by atoms with E-state index in [0.717, 1.165) is 38.3 Å². The second kappa shape index (κ2) is 6.26. The minimum Gasteiger partial charge on any atom is -0.304 e. The number of hydrogen-bond donors (Lipinski definition) is 0. The van der Waals surface area contributed by atoms with E-state index in [-0.39, 0.29) is 0 Å². The normalized spacial score (nSPS) is 18.5. The lowest BCUT2D eigenvalue weighted by molar-refractivity contribution is 0.165. The lowest BCUT2D eigenvalue weighted by Gasteiger charge is -2.32. The summed E-state index contributed by atoms with van der Waals surface area (Å²) in [5.74, 6) is 0. The maximum Gasteiger partial charge on any atom is 0.0985 e. The van der Waals surface area contributed by atoms with Crippen molar-refractivity contribution in [2.45, 2.75) is 0 Å². The van der Waals surface area contributed by atoms with Gasteiger partial charge in [-0.25, -0.2) is 0 Å². The highest BCUT2D eigenvalue weighted by Gasteiger charge is 2.13. The van der Waals surface area contributed by atoms with Crippen LogP contribution in [0.1, 0.15) is 0 Å². The molecule has 0 unspecified atom stereocenters. The molecule has 0 aliphatic carbocycles. The van der Waals surface area contributed by atoms with Crippen molar-refractivity contribution in [2.24, 2.45) is 0 Å². The van der Waals surface area contributed by atoms with Crippen molar-refractivity contribution in [3.8, 4) is 6.07 Å². The Hall–Kier alpha value is -1.37. The zero-order valence-corrected chi connectivity index (χ0v) is 9.95. The van der Waals surface area contributed by atoms with Gasteiger partial charge in [0.15, 0.2) is 0 Å². The van der Waals surface area contributed by atoms with E-state index in [1.807, 2.05) is 12.1 Å². The van der Waals surface area contributed by atoms with Crippen LogP contribution in [0.5, 0.6) is 0 Å². The summed E-state index contributed by atoms with van der Waals surface area (Å²) >= 11 is 0. The second-order valence-corrected chi connectivity index (χ2v) is 4.21. The van der Waals surface area contributed by atoms with Gasteiger partial charge >= 0.3 is 0 Å². The van der Waals surface area contributed by atoms with Gasteiger partial charge in [0, 0.05) is 38.3 Å². The van der Waals surface area contributed by atoms with Gasteiger partial charge in [-0.2, -0.15) is 5.26 Å². The van der Waals surface area contributed by atoms with Gasteiger partial charge in [-0.3, -0.25) is 4.90 Å². The fourth-order valence-corrected chi connectivity index (χ4v) is 1.60. The molecular formula is C13H19N3. The van der Waals surface area contributed by atoms with Gasteiger partial charge in [0.25, 0.3) is 0 Å². The second-order valence-electron chi connectivity index (χ2n) is 4.21. The Bertz CT molecular complexity index is 328. The summed E-state index contributed by atoms with van der Waals surface area (Å²) in [6, 6.07) is 1.99. The fourth-order valence-electron chi connectivity index (χ4n) is 1.60. The number of allylic oxidation sites excluding steroid dienone is 2. The van der Waals surface area contributed by atoms with Crippen LogP contribution in [0, 0.1) is 11.3 Å². The highest BCUT2D eigenvalue weighted by molar-refractivity contribution is 5.33. The lowest BCUT2D eigenvalue weighted by atomic mass is 10.2. The number of piperazine rings is 1. The molecule has 0 N–H and O–H groups in total. The fraction of sp³-hybridized carbons (Fsp3) is 0.462. The maximum absolute atomic E-state index is 8.55. The molecule has 1 aliphatic rings. The van der Waals surface area contributed by atoms with E-state index >= 15 is 0 Å². The Labute approximate surface area is 98.0 Å². The molecule has 0 radical (unpaired) electrons. The minimum absolute atomic E-state index is 0.472. The van der Waals surface area contributed by atoms with E-state index in [1.54, 1.807) is 6.08 Å². The van der Waals surface area contributed by atoms with Crippen molar-refractivity contribution in [3.05, 3.63) is 36.5 Å². The first-order valence-corrected chi connectivity index (χ1v) is 5.47. The van der Waals surface area contributed by atoms with Crippen molar-refractivity contribution >= 4 is 0 Å². The van der Waals surface area contributed by atoms with Crippen LogP contribution < -0.4 is 0 Å². The predicted molar refractivity (Wildman–Crippen MR) is 67.0 cm³/mol. The van der Waals surface area contributed by atoms with Crippen LogP contribution >= 0.6 is 0 Å². The van der Waals surface area contributed by atoms with Gasteiger partial charge in [0.1, 0.15) is 0 Å². The van der Waals surface area contributed by atoms with E-state index in [9.17, 15) is 0 Å². The summed E-state index contributed by atoms with van der Waals surface area (Å²) in [6.45, 7) is 12.8. The summed E-state index contributed by atoms with van der Waals surface area (Å²) in [6.07, 6.45) is 3.60. The van der Waals surface area contributed by atoms with Crippen LogP contribution in [0.3, 0.4) is 0 Å². The molecule has 1 fully saturated rings. The molecule has 0 saturated carbocycles. The average molecular weight is 217 g/mol. The Balaban J connectivity index is 2.32. The monoisotopic (exact) mass is 217 g/mol. The number of likely N-dealkylation sites (N-methyl/N-ethyl adjacent to an activating group) is 1. The summed E-state index contributed by atoms with van der Waals surface area (Å²) in [7, 11) is 2.14. The quantitative estimate of drug-likeness (QED) is 0.527. The highest BCUT2D eigenvalue weighted by Crippen LogP contribution is 2.04. The molecule has 0 amide bonds. The third kappa shape index (κ3) is 4.43. The molecule has 1 rings (SSSR count). The Morgan fingerprint density at radius 1 is 1.25 bits per heavy atom. The van der Waals surface area contributed by atoms with Crippen molar-refractivity contribution in [2.75, 3.05) is 39.8 Å². The minimum atomic E-state index is 0.472. The van der Waals surface area contributed by atoms with E-state index in [0.29, 0.717) is 5.57 Å². The molecule has 1 heterocycles. The van der Waals surface area contributed by atoms with E-state index in [4.69, 9.17) is 5.26 Å². The SMILES string of the molecule is C=C(C#N)/C=C\C(=C)CN1CCN(C)CC1. The van der Waals surface area contributed by atoms with Crippen molar-refractivity contribution in [1.82, 2.24) is 9.80 Å². The summed E-state index contributed by atoms with van der Waals surface area (Å²) < 4.78 is 0. The molecule has 0 aromatic heterocycles. The molecule has 0 aromatic rings. The van der Waals surface area contributed by atoms with Crippen molar-refractivity contribution in [3.63, 3.8) is 0 Å². The summed E-state index contributed by atoms with van der Waals surface area (Å²) in [4.78, 5) is 4.70. The molecule has 0 atom stereocenters. The molecule has 0 bridgehead atoms. The number of nitriles is 1. The summed E-state index contributed by atoms with van der Waals surface area (Å²) in [5, 5.41) is 8.55. The molecule has 0 aromatic carbocycles.